The molecule has 3 saturated heterocycles. The predicted octanol–water partition coefficient (Wildman–Crippen LogP) is 0.0385. The van der Waals surface area contributed by atoms with Gasteiger partial charge in [0, 0.05) is 12.3 Å². The molecule has 1 saturated carbocycles. The van der Waals surface area contributed by atoms with Gasteiger partial charge in [0.1, 0.15) is 23.4 Å². The molecule has 3 heterocycles. The quantitative estimate of drug-likeness (QED) is 0.558. The van der Waals surface area contributed by atoms with Gasteiger partial charge in [-0.1, -0.05) is 0 Å². The minimum Gasteiger partial charge on any atom is -0.386 e. The first-order chi connectivity index (χ1) is 6.56. The van der Waals surface area contributed by atoms with Crippen LogP contribution in [0.3, 0.4) is 0 Å². The molecule has 0 spiro atoms. The van der Waals surface area contributed by atoms with Gasteiger partial charge in [-0.3, -0.25) is 0 Å². The second kappa shape index (κ2) is 1.89. The van der Waals surface area contributed by atoms with Gasteiger partial charge >= 0.3 is 0 Å². The Bertz CT molecular complexity index is 319. The fourth-order valence-electron chi connectivity index (χ4n) is 3.97. The van der Waals surface area contributed by atoms with Crippen LogP contribution in [0.5, 0.6) is 0 Å². The van der Waals surface area contributed by atoms with E-state index in [9.17, 15) is 5.11 Å². The highest BCUT2D eigenvalue weighted by Gasteiger charge is 2.82. The Kier molecular flexibility index (Phi) is 1.09. The summed E-state index contributed by atoms with van der Waals surface area (Å²) in [6.07, 6.45) is 0.356. The number of fused-ring (bicyclic) bond motifs is 4. The van der Waals surface area contributed by atoms with Crippen LogP contribution >= 0.6 is 0 Å². The van der Waals surface area contributed by atoms with Gasteiger partial charge in [0.15, 0.2) is 6.29 Å². The summed E-state index contributed by atoms with van der Waals surface area (Å²) in [7, 11) is 0. The average Bonchev–Trinajstić information content (AvgIpc) is 2.54. The molecule has 78 valence electrons. The highest BCUT2D eigenvalue weighted by molar-refractivity contribution is 5.29. The zero-order chi connectivity index (χ0) is 9.72. The zero-order valence-corrected chi connectivity index (χ0v) is 8.27. The molecule has 0 aromatic rings. The second-order valence-corrected chi connectivity index (χ2v) is 5.22. The summed E-state index contributed by atoms with van der Waals surface area (Å²) in [6.45, 7) is 4.06. The Labute approximate surface area is 82.1 Å². The van der Waals surface area contributed by atoms with E-state index in [1.807, 2.05) is 6.92 Å². The summed E-state index contributed by atoms with van der Waals surface area (Å²) >= 11 is 0. The SMILES string of the molecule is C[C@@H]1O[C@@H]2C[C@@]3(O)[C@@H](O2)[C@@H]2O[C@]2(C)[C@@H]13. The molecule has 2 bridgehead atoms. The van der Waals surface area contributed by atoms with Crippen molar-refractivity contribution in [3.8, 4) is 0 Å². The molecule has 4 nitrogen and oxygen atoms in total. The summed E-state index contributed by atoms with van der Waals surface area (Å²) in [4.78, 5) is 0. The van der Waals surface area contributed by atoms with Gasteiger partial charge in [-0.15, -0.1) is 0 Å². The first-order valence-corrected chi connectivity index (χ1v) is 5.27. The highest BCUT2D eigenvalue weighted by Crippen LogP contribution is 2.66. The van der Waals surface area contributed by atoms with E-state index in [4.69, 9.17) is 14.2 Å². The molecule has 0 aromatic heterocycles. The van der Waals surface area contributed by atoms with Gasteiger partial charge in [-0.25, -0.2) is 0 Å². The molecule has 1 aliphatic carbocycles. The maximum atomic E-state index is 10.6. The summed E-state index contributed by atoms with van der Waals surface area (Å²) in [6, 6.07) is 0. The van der Waals surface area contributed by atoms with Gasteiger partial charge in [-0.05, 0) is 13.8 Å². The van der Waals surface area contributed by atoms with Crippen molar-refractivity contribution in [1.29, 1.82) is 0 Å². The normalized spacial score (nSPS) is 73.5. The van der Waals surface area contributed by atoms with Crippen molar-refractivity contribution in [2.75, 3.05) is 0 Å². The maximum Gasteiger partial charge on any atom is 0.161 e. The standard InChI is InChI=1S/C10H14O4/c1-4-6-9(2)7(14-9)8-10(6,11)3-5(12-4)13-8/h4-8,11H,3H2,1-2H3/t4-,5-,6+,7-,8-,9+,10-/m0/s1. The Morgan fingerprint density at radius 1 is 1.29 bits per heavy atom. The maximum absolute atomic E-state index is 10.6. The van der Waals surface area contributed by atoms with E-state index >= 15 is 0 Å². The number of rotatable bonds is 0. The minimum atomic E-state index is -0.694. The van der Waals surface area contributed by atoms with Gasteiger partial charge in [-0.2, -0.15) is 0 Å². The number of hydrogen-bond acceptors (Lipinski definition) is 4. The van der Waals surface area contributed by atoms with Crippen molar-refractivity contribution in [3.05, 3.63) is 0 Å². The van der Waals surface area contributed by atoms with Gasteiger partial charge < -0.3 is 19.3 Å². The van der Waals surface area contributed by atoms with Crippen LogP contribution in [0.15, 0.2) is 0 Å². The molecular formula is C10H14O4. The van der Waals surface area contributed by atoms with Gasteiger partial charge in [0.25, 0.3) is 0 Å². The lowest BCUT2D eigenvalue weighted by Crippen LogP contribution is -2.53. The van der Waals surface area contributed by atoms with Crippen LogP contribution in [-0.4, -0.2) is 40.9 Å². The largest absolute Gasteiger partial charge is 0.386 e. The zero-order valence-electron chi connectivity index (χ0n) is 8.27. The fourth-order valence-corrected chi connectivity index (χ4v) is 3.97. The molecule has 0 amide bonds. The lowest BCUT2D eigenvalue weighted by Gasteiger charge is -2.39. The number of aliphatic hydroxyl groups is 1. The highest BCUT2D eigenvalue weighted by atomic mass is 16.7. The molecule has 0 aromatic carbocycles. The predicted molar refractivity (Wildman–Crippen MR) is 45.5 cm³/mol. The first kappa shape index (κ1) is 8.05. The third-order valence-electron chi connectivity index (χ3n) is 4.44. The molecular weight excluding hydrogens is 184 g/mol. The monoisotopic (exact) mass is 198 g/mol. The first-order valence-electron chi connectivity index (χ1n) is 5.27. The average molecular weight is 198 g/mol. The lowest BCUT2D eigenvalue weighted by atomic mass is 9.78. The van der Waals surface area contributed by atoms with Gasteiger partial charge in [0.2, 0.25) is 0 Å². The van der Waals surface area contributed by atoms with E-state index < -0.39 is 5.60 Å². The summed E-state index contributed by atoms with van der Waals surface area (Å²) < 4.78 is 17.0. The molecule has 4 heteroatoms. The Balaban J connectivity index is 1.88. The van der Waals surface area contributed by atoms with Gasteiger partial charge in [0.05, 0.1) is 6.10 Å². The number of ether oxygens (including phenoxy) is 3. The van der Waals surface area contributed by atoms with Crippen molar-refractivity contribution in [3.63, 3.8) is 0 Å². The van der Waals surface area contributed by atoms with Crippen LogP contribution in [0.1, 0.15) is 20.3 Å². The van der Waals surface area contributed by atoms with E-state index in [0.717, 1.165) is 0 Å². The molecule has 3 aliphatic heterocycles. The van der Waals surface area contributed by atoms with Crippen molar-refractivity contribution in [2.45, 2.75) is 56.1 Å². The van der Waals surface area contributed by atoms with Crippen molar-refractivity contribution in [1.82, 2.24) is 0 Å². The third kappa shape index (κ3) is 0.608. The van der Waals surface area contributed by atoms with E-state index in [0.29, 0.717) is 6.42 Å². The Hall–Kier alpha value is -0.160. The molecule has 7 atom stereocenters. The van der Waals surface area contributed by atoms with Crippen molar-refractivity contribution in [2.24, 2.45) is 5.92 Å². The molecule has 0 unspecified atom stereocenters. The molecule has 4 rings (SSSR count). The summed E-state index contributed by atoms with van der Waals surface area (Å²) in [5, 5.41) is 10.6. The van der Waals surface area contributed by atoms with Crippen LogP contribution in [0.4, 0.5) is 0 Å². The fraction of sp³-hybridized carbons (Fsp3) is 1.00. The third-order valence-corrected chi connectivity index (χ3v) is 4.44. The number of hydrogen-bond donors (Lipinski definition) is 1. The minimum absolute atomic E-state index is 0.0289. The molecule has 4 fully saturated rings. The van der Waals surface area contributed by atoms with E-state index in [1.165, 1.54) is 0 Å². The summed E-state index contributed by atoms with van der Waals surface area (Å²) in [5.41, 5.74) is -0.899. The molecule has 4 aliphatic rings. The van der Waals surface area contributed by atoms with Crippen LogP contribution in [0, 0.1) is 5.92 Å². The smallest absolute Gasteiger partial charge is 0.161 e. The van der Waals surface area contributed by atoms with Crippen LogP contribution in [0.2, 0.25) is 0 Å². The summed E-state index contributed by atoms with van der Waals surface area (Å²) in [5.74, 6) is 0.0729. The Morgan fingerprint density at radius 3 is 2.86 bits per heavy atom. The molecule has 14 heavy (non-hydrogen) atoms. The van der Waals surface area contributed by atoms with E-state index in [2.05, 4.69) is 6.92 Å². The van der Waals surface area contributed by atoms with E-state index in [-0.39, 0.29) is 36.1 Å². The molecule has 0 radical (unpaired) electrons. The second-order valence-electron chi connectivity index (χ2n) is 5.22. The van der Waals surface area contributed by atoms with Crippen LogP contribution in [0.25, 0.3) is 0 Å². The topological polar surface area (TPSA) is 51.2 Å². The molecule has 1 N–H and O–H groups in total. The van der Waals surface area contributed by atoms with Crippen molar-refractivity contribution < 1.29 is 19.3 Å². The number of epoxide rings is 1. The Morgan fingerprint density at radius 2 is 2.07 bits per heavy atom. The van der Waals surface area contributed by atoms with E-state index in [1.54, 1.807) is 0 Å². The lowest BCUT2D eigenvalue weighted by molar-refractivity contribution is -0.191. The van der Waals surface area contributed by atoms with Crippen LogP contribution in [-0.2, 0) is 14.2 Å². The van der Waals surface area contributed by atoms with Crippen molar-refractivity contribution >= 4 is 0 Å². The van der Waals surface area contributed by atoms with Crippen LogP contribution < -0.4 is 0 Å².